The number of anilines is 2. The van der Waals surface area contributed by atoms with Crippen LogP contribution in [0.5, 0.6) is 0 Å². The Morgan fingerprint density at radius 1 is 0.769 bits per heavy atom. The Labute approximate surface area is 229 Å². The molecule has 3 fully saturated rings. The summed E-state index contributed by atoms with van der Waals surface area (Å²) in [4.78, 5) is 17.1. The van der Waals surface area contributed by atoms with E-state index < -0.39 is 0 Å². The molecule has 7 rings (SSSR count). The van der Waals surface area contributed by atoms with Gasteiger partial charge >= 0.3 is 0 Å². The normalized spacial score (nSPS) is 21.2. The smallest absolute Gasteiger partial charge is 0.154 e. The molecule has 3 aliphatic rings. The molecule has 0 bridgehead atoms. The molecule has 6 heterocycles. The summed E-state index contributed by atoms with van der Waals surface area (Å²) in [6, 6.07) is 18.1. The number of rotatable bonds is 5. The summed E-state index contributed by atoms with van der Waals surface area (Å²) >= 11 is 0. The number of nitrogens with zero attached hydrogens (tertiary/aromatic N) is 7. The first-order valence-electron chi connectivity index (χ1n) is 14.6. The lowest BCUT2D eigenvalue weighted by atomic mass is 10.00. The van der Waals surface area contributed by atoms with E-state index in [4.69, 9.17) is 10.1 Å². The van der Waals surface area contributed by atoms with E-state index in [9.17, 15) is 4.39 Å². The molecule has 3 aliphatic heterocycles. The second-order valence-electron chi connectivity index (χ2n) is 11.2. The van der Waals surface area contributed by atoms with Gasteiger partial charge in [0.2, 0.25) is 0 Å². The van der Waals surface area contributed by atoms with Crippen LogP contribution in [0.15, 0.2) is 60.8 Å². The van der Waals surface area contributed by atoms with E-state index in [1.165, 1.54) is 51.3 Å². The highest BCUT2D eigenvalue weighted by molar-refractivity contribution is 5.62. The first-order chi connectivity index (χ1) is 19.2. The molecule has 4 aromatic rings. The number of benzene rings is 1. The minimum absolute atomic E-state index is 0.118. The van der Waals surface area contributed by atoms with Crippen molar-refractivity contribution in [2.75, 3.05) is 42.5 Å². The molecule has 3 saturated heterocycles. The van der Waals surface area contributed by atoms with Gasteiger partial charge in [0.15, 0.2) is 5.65 Å². The Bertz CT molecular complexity index is 1440. The monoisotopic (exact) mass is 525 g/mol. The van der Waals surface area contributed by atoms with Crippen LogP contribution >= 0.6 is 0 Å². The molecule has 202 valence electrons. The zero-order valence-electron chi connectivity index (χ0n) is 22.4. The molecule has 0 saturated carbocycles. The van der Waals surface area contributed by atoms with Gasteiger partial charge in [-0.15, -0.1) is 5.10 Å². The lowest BCUT2D eigenvalue weighted by Crippen LogP contribution is -2.46. The first-order valence-corrected chi connectivity index (χ1v) is 14.6. The van der Waals surface area contributed by atoms with Crippen molar-refractivity contribution in [1.29, 1.82) is 0 Å². The molecular weight excluding hydrogens is 489 g/mol. The predicted molar refractivity (Wildman–Crippen MR) is 153 cm³/mol. The first kappa shape index (κ1) is 24.5. The van der Waals surface area contributed by atoms with Crippen LogP contribution in [0.2, 0.25) is 0 Å². The molecule has 0 amide bonds. The summed E-state index contributed by atoms with van der Waals surface area (Å²) in [6.07, 6.45) is 10.4. The van der Waals surface area contributed by atoms with E-state index in [1.807, 2.05) is 35.0 Å². The lowest BCUT2D eigenvalue weighted by Gasteiger charge is -2.40. The number of fused-ring (bicyclic) bond motifs is 1. The van der Waals surface area contributed by atoms with E-state index in [2.05, 4.69) is 31.8 Å². The molecular formula is C31H36FN7. The van der Waals surface area contributed by atoms with Crippen molar-refractivity contribution in [1.82, 2.24) is 24.5 Å². The second-order valence-corrected chi connectivity index (χ2v) is 11.2. The lowest BCUT2D eigenvalue weighted by molar-refractivity contribution is 0.141. The fourth-order valence-corrected chi connectivity index (χ4v) is 6.78. The second kappa shape index (κ2) is 10.6. The number of hydrogen-bond acceptors (Lipinski definition) is 6. The summed E-state index contributed by atoms with van der Waals surface area (Å²) in [6.45, 7) is 5.52. The average Bonchev–Trinajstić information content (AvgIpc) is 3.65. The molecule has 0 radical (unpaired) electrons. The van der Waals surface area contributed by atoms with E-state index in [-0.39, 0.29) is 11.9 Å². The topological polar surface area (TPSA) is 52.8 Å². The Morgan fingerprint density at radius 2 is 1.62 bits per heavy atom. The van der Waals surface area contributed by atoms with Gasteiger partial charge in [-0.3, -0.25) is 0 Å². The van der Waals surface area contributed by atoms with Crippen LogP contribution < -0.4 is 9.80 Å². The molecule has 39 heavy (non-hydrogen) atoms. The zero-order valence-corrected chi connectivity index (χ0v) is 22.4. The van der Waals surface area contributed by atoms with Gasteiger partial charge in [0.05, 0.1) is 17.9 Å². The third-order valence-corrected chi connectivity index (χ3v) is 8.82. The summed E-state index contributed by atoms with van der Waals surface area (Å²) in [5, 5.41) is 5.02. The van der Waals surface area contributed by atoms with E-state index >= 15 is 0 Å². The van der Waals surface area contributed by atoms with Crippen molar-refractivity contribution >= 4 is 17.3 Å². The van der Waals surface area contributed by atoms with E-state index in [0.717, 1.165) is 66.7 Å². The van der Waals surface area contributed by atoms with Gasteiger partial charge in [-0.1, -0.05) is 24.6 Å². The van der Waals surface area contributed by atoms with Crippen LogP contribution in [0.4, 0.5) is 16.0 Å². The van der Waals surface area contributed by atoms with Crippen LogP contribution in [0.1, 0.15) is 56.6 Å². The third-order valence-electron chi connectivity index (χ3n) is 8.82. The van der Waals surface area contributed by atoms with Gasteiger partial charge in [-0.25, -0.2) is 18.9 Å². The van der Waals surface area contributed by atoms with Crippen molar-refractivity contribution < 1.29 is 4.39 Å². The minimum atomic E-state index is -0.193. The van der Waals surface area contributed by atoms with Crippen molar-refractivity contribution in [3.63, 3.8) is 0 Å². The summed E-state index contributed by atoms with van der Waals surface area (Å²) in [7, 11) is 0. The van der Waals surface area contributed by atoms with Gasteiger partial charge in [0.1, 0.15) is 23.1 Å². The highest BCUT2D eigenvalue weighted by Crippen LogP contribution is 2.36. The number of halogens is 1. The van der Waals surface area contributed by atoms with Crippen LogP contribution in [0.25, 0.3) is 17.0 Å². The van der Waals surface area contributed by atoms with Gasteiger partial charge in [0.25, 0.3) is 0 Å². The van der Waals surface area contributed by atoms with Crippen molar-refractivity contribution in [2.24, 2.45) is 0 Å². The number of hydrogen-bond donors (Lipinski definition) is 0. The SMILES string of the molecule is Fc1cccc([C@H]2CCCN2c2ccc3ncc(-c4cccc(N5CCC(N6CCCCC6)CC5)n4)n3n2)c1. The summed E-state index contributed by atoms with van der Waals surface area (Å²) in [5.41, 5.74) is 3.56. The van der Waals surface area contributed by atoms with Gasteiger partial charge in [-0.05, 0) is 93.6 Å². The van der Waals surface area contributed by atoms with Crippen LogP contribution in [-0.4, -0.2) is 63.2 Å². The number of likely N-dealkylation sites (tertiary alicyclic amines) is 1. The minimum Gasteiger partial charge on any atom is -0.356 e. The third kappa shape index (κ3) is 4.86. The predicted octanol–water partition coefficient (Wildman–Crippen LogP) is 5.73. The molecule has 8 heteroatoms. The van der Waals surface area contributed by atoms with Crippen molar-refractivity contribution in [3.05, 3.63) is 72.2 Å². The number of piperidine rings is 2. The molecule has 0 unspecified atom stereocenters. The number of pyridine rings is 1. The molecule has 0 aliphatic carbocycles. The molecule has 7 nitrogen and oxygen atoms in total. The Morgan fingerprint density at radius 3 is 2.46 bits per heavy atom. The van der Waals surface area contributed by atoms with Gasteiger partial charge < -0.3 is 14.7 Å². The number of imidazole rings is 1. The maximum atomic E-state index is 14.0. The van der Waals surface area contributed by atoms with E-state index in [0.29, 0.717) is 6.04 Å². The van der Waals surface area contributed by atoms with Crippen molar-refractivity contribution in [2.45, 2.75) is 57.0 Å². The standard InChI is InChI=1S/C31H36FN7/c32-24-8-4-7-23(21-24)27-10-6-18-38(27)31-13-12-29-33-22-28(39(29)35-31)26-9-5-11-30(34-26)37-19-14-25(15-20-37)36-16-2-1-3-17-36/h4-5,7-9,11-13,21-22,25,27H,1-3,6,10,14-20H2/t27-/m1/s1. The fourth-order valence-electron chi connectivity index (χ4n) is 6.78. The Kier molecular flexibility index (Phi) is 6.64. The molecule has 0 spiro atoms. The fraction of sp³-hybridized carbons (Fsp3) is 0.452. The molecule has 1 aromatic carbocycles. The zero-order chi connectivity index (χ0) is 26.2. The van der Waals surface area contributed by atoms with Crippen LogP contribution in [-0.2, 0) is 0 Å². The highest BCUT2D eigenvalue weighted by atomic mass is 19.1. The quantitative estimate of drug-likeness (QED) is 0.332. The van der Waals surface area contributed by atoms with Crippen LogP contribution in [0.3, 0.4) is 0 Å². The highest BCUT2D eigenvalue weighted by Gasteiger charge is 2.29. The maximum absolute atomic E-state index is 14.0. The Balaban J connectivity index is 1.13. The Hall–Kier alpha value is -3.52. The summed E-state index contributed by atoms with van der Waals surface area (Å²) in [5.74, 6) is 1.71. The van der Waals surface area contributed by atoms with Crippen LogP contribution in [0, 0.1) is 5.82 Å². The summed E-state index contributed by atoms with van der Waals surface area (Å²) < 4.78 is 15.9. The maximum Gasteiger partial charge on any atom is 0.154 e. The molecule has 0 N–H and O–H groups in total. The molecule has 3 aromatic heterocycles. The molecule has 1 atom stereocenters. The average molecular weight is 526 g/mol. The largest absolute Gasteiger partial charge is 0.356 e. The van der Waals surface area contributed by atoms with E-state index in [1.54, 1.807) is 12.1 Å². The number of aromatic nitrogens is 4. The van der Waals surface area contributed by atoms with Crippen molar-refractivity contribution in [3.8, 4) is 11.4 Å². The van der Waals surface area contributed by atoms with Gasteiger partial charge in [0, 0.05) is 25.7 Å². The van der Waals surface area contributed by atoms with Gasteiger partial charge in [-0.2, -0.15) is 0 Å².